The number of hydrogen-bond acceptors (Lipinski definition) is 5. The van der Waals surface area contributed by atoms with E-state index < -0.39 is 25.7 Å². The average molecular weight is 359 g/mol. The van der Waals surface area contributed by atoms with Crippen molar-refractivity contribution in [2.45, 2.75) is 24.8 Å². The lowest BCUT2D eigenvalue weighted by molar-refractivity contribution is 0.0177. The Kier molecular flexibility index (Phi) is 6.40. The van der Waals surface area contributed by atoms with Crippen LogP contribution in [0.25, 0.3) is 0 Å². The fourth-order valence-electron chi connectivity index (χ4n) is 1.37. The molecule has 9 heteroatoms. The molecule has 0 aliphatic carbocycles. The largest absolute Gasteiger partial charge is 0.460 e. The molecular weight excluding hydrogens is 346 g/mol. The topological polar surface area (TPSA) is 69.7 Å². The fraction of sp³-hybridized carbons (Fsp3) is 0.417. The first-order chi connectivity index (χ1) is 9.62. The molecule has 0 unspecified atom stereocenters. The van der Waals surface area contributed by atoms with E-state index in [4.69, 9.17) is 31.8 Å². The number of halogens is 3. The number of carbonyl (C=O) groups is 1. The van der Waals surface area contributed by atoms with Crippen LogP contribution in [0.5, 0.6) is 0 Å². The van der Waals surface area contributed by atoms with Gasteiger partial charge in [0, 0.05) is 10.7 Å². The molecule has 1 rings (SSSR count). The standard InChI is InChI=1S/C12H13Cl2FO5S/c1-7(2)19-3-4-20-12(16)8-5-11(21(14,17)18)10(15)6-9(8)13/h5-7H,3-4H2,1-2H3. The SMILES string of the molecule is CC(C)OCCOC(=O)c1cc(S(=O)(=O)Cl)c(F)cc1Cl. The molecule has 0 N–H and O–H groups in total. The minimum atomic E-state index is -4.34. The summed E-state index contributed by atoms with van der Waals surface area (Å²) in [5.41, 5.74) is -0.290. The molecule has 118 valence electrons. The predicted molar refractivity (Wildman–Crippen MR) is 75.8 cm³/mol. The van der Waals surface area contributed by atoms with Crippen molar-refractivity contribution in [1.29, 1.82) is 0 Å². The molecule has 0 heterocycles. The Balaban J connectivity index is 2.90. The normalized spacial score (nSPS) is 11.7. The molecule has 0 aliphatic rings. The minimum absolute atomic E-state index is 0.0221. The fourth-order valence-corrected chi connectivity index (χ4v) is 2.50. The molecule has 1 aromatic rings. The summed E-state index contributed by atoms with van der Waals surface area (Å²) in [5.74, 6) is -2.04. The highest BCUT2D eigenvalue weighted by atomic mass is 35.7. The van der Waals surface area contributed by atoms with Gasteiger partial charge in [0.2, 0.25) is 0 Å². The number of esters is 1. The van der Waals surface area contributed by atoms with Crippen molar-refractivity contribution in [3.05, 3.63) is 28.5 Å². The highest BCUT2D eigenvalue weighted by Gasteiger charge is 2.22. The van der Waals surface area contributed by atoms with Crippen molar-refractivity contribution < 1.29 is 27.1 Å². The van der Waals surface area contributed by atoms with E-state index in [0.717, 1.165) is 6.07 Å². The van der Waals surface area contributed by atoms with Crippen LogP contribution < -0.4 is 0 Å². The molecule has 5 nitrogen and oxygen atoms in total. The first kappa shape index (κ1) is 18.2. The summed E-state index contributed by atoms with van der Waals surface area (Å²) in [6.07, 6.45) is -0.0221. The maximum Gasteiger partial charge on any atom is 0.339 e. The van der Waals surface area contributed by atoms with Crippen LogP contribution in [-0.4, -0.2) is 33.7 Å². The highest BCUT2D eigenvalue weighted by molar-refractivity contribution is 8.13. The minimum Gasteiger partial charge on any atom is -0.460 e. The summed E-state index contributed by atoms with van der Waals surface area (Å²) >= 11 is 5.70. The zero-order chi connectivity index (χ0) is 16.2. The Labute approximate surface area is 131 Å². The van der Waals surface area contributed by atoms with Crippen molar-refractivity contribution >= 4 is 37.3 Å². The van der Waals surface area contributed by atoms with Crippen LogP contribution in [0.15, 0.2) is 17.0 Å². The molecule has 0 aliphatic heterocycles. The summed E-state index contributed by atoms with van der Waals surface area (Å²) < 4.78 is 45.9. The van der Waals surface area contributed by atoms with E-state index in [9.17, 15) is 17.6 Å². The molecule has 0 amide bonds. The van der Waals surface area contributed by atoms with Crippen molar-refractivity contribution in [2.24, 2.45) is 0 Å². The lowest BCUT2D eigenvalue weighted by Crippen LogP contribution is -2.14. The molecule has 0 atom stereocenters. The number of ether oxygens (including phenoxy) is 2. The van der Waals surface area contributed by atoms with Gasteiger partial charge in [-0.1, -0.05) is 11.6 Å². The average Bonchev–Trinajstić information content (AvgIpc) is 2.32. The van der Waals surface area contributed by atoms with E-state index in [1.54, 1.807) is 0 Å². The van der Waals surface area contributed by atoms with Gasteiger partial charge in [-0.25, -0.2) is 17.6 Å². The third kappa shape index (κ3) is 5.43. The first-order valence-corrected chi connectivity index (χ1v) is 8.54. The first-order valence-electron chi connectivity index (χ1n) is 5.85. The van der Waals surface area contributed by atoms with Crippen LogP contribution in [0, 0.1) is 5.82 Å². The highest BCUT2D eigenvalue weighted by Crippen LogP contribution is 2.26. The molecule has 1 aromatic carbocycles. The lowest BCUT2D eigenvalue weighted by atomic mass is 10.2. The Morgan fingerprint density at radius 1 is 1.33 bits per heavy atom. The zero-order valence-corrected chi connectivity index (χ0v) is 13.6. The van der Waals surface area contributed by atoms with Gasteiger partial charge in [-0.15, -0.1) is 0 Å². The molecule has 0 aromatic heterocycles. The summed E-state index contributed by atoms with van der Waals surface area (Å²) in [4.78, 5) is 10.9. The molecule has 0 saturated heterocycles. The van der Waals surface area contributed by atoms with Crippen LogP contribution in [0.2, 0.25) is 5.02 Å². The number of carbonyl (C=O) groups excluding carboxylic acids is 1. The van der Waals surface area contributed by atoms with Crippen LogP contribution >= 0.6 is 22.3 Å². The van der Waals surface area contributed by atoms with Gasteiger partial charge in [0.15, 0.2) is 0 Å². The van der Waals surface area contributed by atoms with Gasteiger partial charge in [0.1, 0.15) is 17.3 Å². The molecule has 0 radical (unpaired) electrons. The lowest BCUT2D eigenvalue weighted by Gasteiger charge is -2.10. The molecule has 0 spiro atoms. The van der Waals surface area contributed by atoms with Crippen LogP contribution in [0.1, 0.15) is 24.2 Å². The Bertz CT molecular complexity index is 631. The van der Waals surface area contributed by atoms with Gasteiger partial charge < -0.3 is 9.47 Å². The van der Waals surface area contributed by atoms with Gasteiger partial charge in [-0.3, -0.25) is 0 Å². The Morgan fingerprint density at radius 2 is 1.95 bits per heavy atom. The molecule has 21 heavy (non-hydrogen) atoms. The van der Waals surface area contributed by atoms with Crippen LogP contribution in [0.3, 0.4) is 0 Å². The van der Waals surface area contributed by atoms with E-state index in [-0.39, 0.29) is 29.9 Å². The van der Waals surface area contributed by atoms with Crippen LogP contribution in [-0.2, 0) is 18.5 Å². The second-order valence-corrected chi connectivity index (χ2v) is 7.20. The Morgan fingerprint density at radius 3 is 2.48 bits per heavy atom. The second kappa shape index (κ2) is 7.40. The smallest absolute Gasteiger partial charge is 0.339 e. The maximum atomic E-state index is 13.5. The summed E-state index contributed by atoms with van der Waals surface area (Å²) in [7, 11) is 0.735. The number of rotatable bonds is 6. The van der Waals surface area contributed by atoms with E-state index >= 15 is 0 Å². The van der Waals surface area contributed by atoms with E-state index in [1.165, 1.54) is 0 Å². The number of benzene rings is 1. The van der Waals surface area contributed by atoms with Crippen molar-refractivity contribution in [1.82, 2.24) is 0 Å². The van der Waals surface area contributed by atoms with E-state index in [1.807, 2.05) is 13.8 Å². The molecular formula is C12H13Cl2FO5S. The van der Waals surface area contributed by atoms with E-state index in [0.29, 0.717) is 6.07 Å². The predicted octanol–water partition coefficient (Wildman–Crippen LogP) is 2.99. The summed E-state index contributed by atoms with van der Waals surface area (Å²) in [6.45, 7) is 3.75. The zero-order valence-electron chi connectivity index (χ0n) is 11.2. The molecule has 0 fully saturated rings. The summed E-state index contributed by atoms with van der Waals surface area (Å²) in [5, 5.41) is -0.272. The van der Waals surface area contributed by atoms with Crippen LogP contribution in [0.4, 0.5) is 4.39 Å². The van der Waals surface area contributed by atoms with Gasteiger partial charge >= 0.3 is 5.97 Å². The third-order valence-corrected chi connectivity index (χ3v) is 3.92. The van der Waals surface area contributed by atoms with Gasteiger partial charge in [0.25, 0.3) is 9.05 Å². The third-order valence-electron chi connectivity index (χ3n) is 2.27. The molecule has 0 bridgehead atoms. The molecule has 0 saturated carbocycles. The maximum absolute atomic E-state index is 13.5. The van der Waals surface area contributed by atoms with Gasteiger partial charge in [-0.2, -0.15) is 0 Å². The second-order valence-electron chi connectivity index (χ2n) is 4.26. The van der Waals surface area contributed by atoms with Gasteiger partial charge in [0.05, 0.1) is 23.3 Å². The van der Waals surface area contributed by atoms with Crippen molar-refractivity contribution in [2.75, 3.05) is 13.2 Å². The van der Waals surface area contributed by atoms with Crippen molar-refractivity contribution in [3.63, 3.8) is 0 Å². The quantitative estimate of drug-likeness (QED) is 0.444. The monoisotopic (exact) mass is 358 g/mol. The van der Waals surface area contributed by atoms with Gasteiger partial charge in [-0.05, 0) is 26.0 Å². The van der Waals surface area contributed by atoms with Crippen molar-refractivity contribution in [3.8, 4) is 0 Å². The summed E-state index contributed by atoms with van der Waals surface area (Å²) in [6, 6.07) is 1.43. The Hall–Kier alpha value is -0.890. The van der Waals surface area contributed by atoms with E-state index in [2.05, 4.69) is 0 Å². The number of hydrogen-bond donors (Lipinski definition) is 0.